The van der Waals surface area contributed by atoms with E-state index in [0.29, 0.717) is 0 Å². The molecule has 6 nitrogen and oxygen atoms in total. The van der Waals surface area contributed by atoms with Crippen LogP contribution in [0.15, 0.2) is 0 Å². The minimum absolute atomic E-state index is 0. The second kappa shape index (κ2) is 11.8. The average molecular weight is 244 g/mol. The molecule has 0 aromatic carbocycles. The van der Waals surface area contributed by atoms with E-state index in [4.69, 9.17) is 19.2 Å². The van der Waals surface area contributed by atoms with Crippen LogP contribution >= 0.6 is 7.82 Å². The van der Waals surface area contributed by atoms with Gasteiger partial charge in [-0.15, -0.1) is 0 Å². The summed E-state index contributed by atoms with van der Waals surface area (Å²) in [6.45, 7) is 0. The predicted octanol–water partition coefficient (Wildman–Crippen LogP) is -1.60. The van der Waals surface area contributed by atoms with E-state index in [-0.39, 0.29) is 11.6 Å². The van der Waals surface area contributed by atoms with Crippen molar-refractivity contribution < 1.29 is 53.1 Å². The van der Waals surface area contributed by atoms with Crippen LogP contribution in [0.5, 0.6) is 0 Å². The van der Waals surface area contributed by atoms with Crippen LogP contribution in [-0.4, -0.2) is 20.2 Å². The maximum absolute atomic E-state index is 8.88. The molecule has 8 N–H and O–H groups in total. The van der Waals surface area contributed by atoms with Gasteiger partial charge in [0.15, 0.2) is 0 Å². The van der Waals surface area contributed by atoms with Crippen molar-refractivity contribution >= 4 is 7.82 Å². The molecule has 0 unspecified atom stereocenters. The third kappa shape index (κ3) is 397. The Hall–Kier alpha value is 1.07. The van der Waals surface area contributed by atoms with Gasteiger partial charge in [0, 0.05) is 0 Å². The molecule has 0 radical (unpaired) electrons. The molecule has 0 aliphatic rings. The van der Waals surface area contributed by atoms with Crippen molar-refractivity contribution in [3.05, 3.63) is 0 Å². The molecule has 0 bridgehead atoms. The molecule has 0 aromatic rings. The van der Waals surface area contributed by atoms with Gasteiger partial charge in [-0.25, -0.2) is 4.57 Å². The van der Waals surface area contributed by atoms with E-state index in [0.717, 1.165) is 0 Å². The Morgan fingerprint density at radius 2 is 1.22 bits per heavy atom. The molecule has 0 saturated heterocycles. The molecule has 9 heteroatoms. The van der Waals surface area contributed by atoms with Crippen molar-refractivity contribution in [2.24, 2.45) is 0 Å². The van der Waals surface area contributed by atoms with E-state index >= 15 is 0 Å². The summed E-state index contributed by atoms with van der Waals surface area (Å²) in [7, 11) is -4.64. The van der Waals surface area contributed by atoms with Crippen molar-refractivity contribution in [2.45, 2.75) is 0 Å². The Morgan fingerprint density at radius 3 is 1.22 bits per heavy atom. The quantitative estimate of drug-likeness (QED) is 0.299. The van der Waals surface area contributed by atoms with Gasteiger partial charge in [-0.2, -0.15) is 0 Å². The molecule has 63 valence electrons. The Bertz CT molecular complexity index is 63.1. The number of phosphoric acid groups is 1. The first-order chi connectivity index (χ1) is 3.00. The van der Waals surface area contributed by atoms with E-state index in [1.54, 1.807) is 0 Å². The summed E-state index contributed by atoms with van der Waals surface area (Å²) in [6.07, 6.45) is 0. The van der Waals surface area contributed by atoms with Crippen LogP contribution in [-0.2, 0) is 32.9 Å². The number of hydrogen-bond acceptors (Lipinski definition) is 2. The molecule has 0 aliphatic heterocycles. The van der Waals surface area contributed by atoms with Gasteiger partial charge in [-0.05, 0) is 0 Å². The van der Waals surface area contributed by atoms with E-state index in [1.165, 1.54) is 0 Å². The molecule has 0 fully saturated rings. The van der Waals surface area contributed by atoms with Crippen molar-refractivity contribution in [1.82, 2.24) is 6.15 Å². The van der Waals surface area contributed by atoms with E-state index in [2.05, 4.69) is 28.4 Å². The van der Waals surface area contributed by atoms with Gasteiger partial charge in [0.2, 0.25) is 0 Å². The third-order valence-electron chi connectivity index (χ3n) is 0. The minimum atomic E-state index is -4.64. The van der Waals surface area contributed by atoms with Crippen LogP contribution in [0.2, 0.25) is 0 Å². The summed E-state index contributed by atoms with van der Waals surface area (Å²) in [5, 5.41) is 0. The van der Waals surface area contributed by atoms with Gasteiger partial charge < -0.3 is 26.3 Å². The topological polar surface area (TPSA) is 144 Å². The Morgan fingerprint density at radius 1 is 1.22 bits per heavy atom. The molecule has 0 spiro atoms. The summed E-state index contributed by atoms with van der Waals surface area (Å²) >= 11 is 5.75. The average Bonchev–Trinajstić information content (AvgIpc) is 1.36. The maximum atomic E-state index is 8.88. The summed E-state index contributed by atoms with van der Waals surface area (Å²) in [5.74, 6) is 0. The van der Waals surface area contributed by atoms with Crippen LogP contribution in [0.1, 0.15) is 0 Å². The Balaban J connectivity index is -0.0000000286. The monoisotopic (exact) mass is 244 g/mol. The molecule has 0 rings (SSSR count). The second-order valence-corrected chi connectivity index (χ2v) is 1.54. The van der Waals surface area contributed by atoms with Gasteiger partial charge in [0.1, 0.15) is 0 Å². The summed E-state index contributed by atoms with van der Waals surface area (Å²) in [6, 6.07) is 0. The van der Waals surface area contributed by atoms with Crippen molar-refractivity contribution in [2.75, 3.05) is 0 Å². The SMILES string of the molecule is N.O.O=P(O)(O)O.[Mn][Fe]. The van der Waals surface area contributed by atoms with Crippen molar-refractivity contribution in [1.29, 1.82) is 0 Å². The van der Waals surface area contributed by atoms with Gasteiger partial charge in [0.05, 0.1) is 0 Å². The molecular weight excluding hydrogens is 236 g/mol. The van der Waals surface area contributed by atoms with Crippen molar-refractivity contribution in [3.63, 3.8) is 0 Å². The zero-order valence-corrected chi connectivity index (χ0v) is 7.31. The zero-order chi connectivity index (χ0) is 6.50. The van der Waals surface area contributed by atoms with Crippen LogP contribution in [0.25, 0.3) is 0 Å². The third-order valence-corrected chi connectivity index (χ3v) is 0. The predicted molar refractivity (Wildman–Crippen MR) is 22.9 cm³/mol. The van der Waals surface area contributed by atoms with Crippen LogP contribution in [0.4, 0.5) is 0 Å². The molecule has 0 amide bonds. The molecule has 0 aliphatic carbocycles. The molecular formula is H8FeMnNO5P. The molecule has 0 atom stereocenters. The second-order valence-electron chi connectivity index (χ2n) is 0.513. The standard InChI is InChI=1S/Fe.Mn.H3N.H3O4P.H2O/c;;;1-5(2,3)4;/h;;1H3;(H3,1,2,3,4);1H2. The molecule has 0 aromatic heterocycles. The number of rotatable bonds is 0. The van der Waals surface area contributed by atoms with Gasteiger partial charge >= 0.3 is 36.2 Å². The fourth-order valence-electron chi connectivity index (χ4n) is 0. The fourth-order valence-corrected chi connectivity index (χ4v) is 0. The normalized spacial score (nSPS) is 7.22. The van der Waals surface area contributed by atoms with E-state index in [1.807, 2.05) is 0 Å². The van der Waals surface area contributed by atoms with E-state index < -0.39 is 7.82 Å². The first-order valence-electron chi connectivity index (χ1n) is 0.916. The summed E-state index contributed by atoms with van der Waals surface area (Å²) in [5.41, 5.74) is 0. The number of hydrogen-bond donors (Lipinski definition) is 4. The van der Waals surface area contributed by atoms with Crippen LogP contribution < -0.4 is 6.15 Å². The first kappa shape index (κ1) is 22.5. The van der Waals surface area contributed by atoms with Crippen molar-refractivity contribution in [3.8, 4) is 0 Å². The van der Waals surface area contributed by atoms with Crippen LogP contribution in [0, 0.1) is 0 Å². The zero-order valence-electron chi connectivity index (χ0n) is 4.14. The van der Waals surface area contributed by atoms with Gasteiger partial charge in [-0.1, -0.05) is 0 Å². The van der Waals surface area contributed by atoms with Crippen LogP contribution in [0.3, 0.4) is 0 Å². The van der Waals surface area contributed by atoms with Gasteiger partial charge in [0.25, 0.3) is 0 Å². The van der Waals surface area contributed by atoms with Gasteiger partial charge in [-0.3, -0.25) is 0 Å². The summed E-state index contributed by atoms with van der Waals surface area (Å²) < 4.78 is 8.88. The van der Waals surface area contributed by atoms with E-state index in [9.17, 15) is 0 Å². The Labute approximate surface area is 67.4 Å². The molecule has 0 saturated carbocycles. The molecule has 9 heavy (non-hydrogen) atoms. The molecule has 0 heterocycles. The summed E-state index contributed by atoms with van der Waals surface area (Å²) in [4.78, 5) is 21.6. The Kier molecular flexibility index (Phi) is 29.5. The fraction of sp³-hybridized carbons (Fsp3) is 0. The first-order valence-corrected chi connectivity index (χ1v) is 4.62.